The van der Waals surface area contributed by atoms with Crippen LogP contribution in [0.4, 0.5) is 10.5 Å². The predicted octanol–water partition coefficient (Wildman–Crippen LogP) is 1.82. The van der Waals surface area contributed by atoms with Crippen LogP contribution in [-0.2, 0) is 4.79 Å². The molecule has 114 valence electrons. The smallest absolute Gasteiger partial charge is 0.315 e. The molecule has 0 aliphatic rings. The Morgan fingerprint density at radius 1 is 1.38 bits per heavy atom. The summed E-state index contributed by atoms with van der Waals surface area (Å²) in [7, 11) is 0. The van der Waals surface area contributed by atoms with E-state index in [1.807, 2.05) is 0 Å². The fraction of sp³-hybridized carbons (Fsp3) is 0.385. The highest BCUT2D eigenvalue weighted by Crippen LogP contribution is 2.24. The number of carbonyl (C=O) groups excluding carboxylic acids is 1. The van der Waals surface area contributed by atoms with Crippen molar-refractivity contribution in [2.24, 2.45) is 0 Å². The summed E-state index contributed by atoms with van der Waals surface area (Å²) in [6.45, 7) is 1.86. The van der Waals surface area contributed by atoms with Gasteiger partial charge in [0.15, 0.2) is 0 Å². The Labute approximate surface area is 121 Å². The number of carboxylic acids is 1. The molecule has 0 heterocycles. The minimum atomic E-state index is -0.925. The van der Waals surface area contributed by atoms with Gasteiger partial charge in [0.25, 0.3) is 5.69 Å². The van der Waals surface area contributed by atoms with Crippen LogP contribution in [0.3, 0.4) is 0 Å². The SMILES string of the molecule is CC(NC(=O)NCCCC(=O)O)c1ccccc1[N+](=O)[O-]. The topological polar surface area (TPSA) is 122 Å². The average molecular weight is 295 g/mol. The number of para-hydroxylation sites is 1. The number of urea groups is 1. The standard InChI is InChI=1S/C13H17N3O5/c1-9(10-5-2-3-6-11(10)16(20)21)15-13(19)14-8-4-7-12(17)18/h2-3,5-6,9H,4,7-8H2,1H3,(H,17,18)(H2,14,15,19). The van der Waals surface area contributed by atoms with Gasteiger partial charge in [0, 0.05) is 19.0 Å². The summed E-state index contributed by atoms with van der Waals surface area (Å²) in [6, 6.07) is 5.13. The number of nitrogens with zero attached hydrogens (tertiary/aromatic N) is 1. The maximum atomic E-state index is 11.6. The first-order chi connectivity index (χ1) is 9.91. The van der Waals surface area contributed by atoms with Gasteiger partial charge >= 0.3 is 12.0 Å². The molecule has 0 saturated heterocycles. The molecular weight excluding hydrogens is 278 g/mol. The third-order valence-electron chi connectivity index (χ3n) is 2.80. The summed E-state index contributed by atoms with van der Waals surface area (Å²) >= 11 is 0. The normalized spacial score (nSPS) is 11.5. The average Bonchev–Trinajstić information content (AvgIpc) is 2.43. The molecule has 1 aromatic carbocycles. The number of hydrogen-bond donors (Lipinski definition) is 3. The Kier molecular flexibility index (Phi) is 6.12. The molecule has 0 bridgehead atoms. The van der Waals surface area contributed by atoms with Gasteiger partial charge in [-0.15, -0.1) is 0 Å². The van der Waals surface area contributed by atoms with E-state index in [4.69, 9.17) is 5.11 Å². The molecule has 3 N–H and O–H groups in total. The van der Waals surface area contributed by atoms with Crippen molar-refractivity contribution in [3.8, 4) is 0 Å². The summed E-state index contributed by atoms with van der Waals surface area (Å²) in [5, 5.41) is 24.5. The second-order valence-corrected chi connectivity index (χ2v) is 4.44. The van der Waals surface area contributed by atoms with Crippen LogP contribution in [0.2, 0.25) is 0 Å². The molecule has 21 heavy (non-hydrogen) atoms. The van der Waals surface area contributed by atoms with E-state index < -0.39 is 23.0 Å². The van der Waals surface area contributed by atoms with Crippen LogP contribution in [0.15, 0.2) is 24.3 Å². The molecule has 0 aliphatic heterocycles. The molecule has 0 radical (unpaired) electrons. The van der Waals surface area contributed by atoms with Crippen LogP contribution in [0.1, 0.15) is 31.4 Å². The van der Waals surface area contributed by atoms with Gasteiger partial charge in [-0.05, 0) is 13.3 Å². The van der Waals surface area contributed by atoms with Crippen molar-refractivity contribution in [2.45, 2.75) is 25.8 Å². The largest absolute Gasteiger partial charge is 0.481 e. The number of aliphatic carboxylic acids is 1. The molecule has 1 aromatic rings. The number of nitro benzene ring substituents is 1. The summed E-state index contributed by atoms with van der Waals surface area (Å²) in [5.41, 5.74) is 0.347. The number of rotatable bonds is 7. The Hall–Kier alpha value is -2.64. The predicted molar refractivity (Wildman–Crippen MR) is 74.9 cm³/mol. The molecule has 0 saturated carbocycles. The lowest BCUT2D eigenvalue weighted by Gasteiger charge is -2.15. The number of carboxylic acid groups (broad SMARTS) is 1. The Morgan fingerprint density at radius 2 is 2.05 bits per heavy atom. The molecule has 0 aliphatic carbocycles. The van der Waals surface area contributed by atoms with Crippen molar-refractivity contribution in [1.82, 2.24) is 10.6 Å². The summed E-state index contributed by atoms with van der Waals surface area (Å²) in [4.78, 5) is 32.3. The molecule has 1 atom stereocenters. The van der Waals surface area contributed by atoms with E-state index in [1.165, 1.54) is 6.07 Å². The molecule has 0 spiro atoms. The van der Waals surface area contributed by atoms with Crippen LogP contribution in [0.5, 0.6) is 0 Å². The van der Waals surface area contributed by atoms with Crippen molar-refractivity contribution < 1.29 is 19.6 Å². The van der Waals surface area contributed by atoms with Gasteiger partial charge in [-0.3, -0.25) is 14.9 Å². The van der Waals surface area contributed by atoms with Crippen molar-refractivity contribution >= 4 is 17.7 Å². The van der Waals surface area contributed by atoms with Crippen molar-refractivity contribution in [3.05, 3.63) is 39.9 Å². The third kappa shape index (κ3) is 5.47. The van der Waals surface area contributed by atoms with E-state index >= 15 is 0 Å². The summed E-state index contributed by atoms with van der Waals surface area (Å²) in [6.07, 6.45) is 0.294. The zero-order valence-corrected chi connectivity index (χ0v) is 11.5. The first kappa shape index (κ1) is 16.4. The van der Waals surface area contributed by atoms with Crippen molar-refractivity contribution in [3.63, 3.8) is 0 Å². The van der Waals surface area contributed by atoms with Crippen molar-refractivity contribution in [2.75, 3.05) is 6.54 Å². The highest BCUT2D eigenvalue weighted by atomic mass is 16.6. The zero-order chi connectivity index (χ0) is 15.8. The third-order valence-corrected chi connectivity index (χ3v) is 2.80. The molecule has 0 fully saturated rings. The number of nitrogens with one attached hydrogen (secondary N) is 2. The van der Waals surface area contributed by atoms with Crippen LogP contribution < -0.4 is 10.6 Å². The van der Waals surface area contributed by atoms with Gasteiger partial charge in [-0.25, -0.2) is 4.79 Å². The maximum absolute atomic E-state index is 11.6. The minimum absolute atomic E-state index is 0.0278. The molecular formula is C13H17N3O5. The number of hydrogen-bond acceptors (Lipinski definition) is 4. The van der Waals surface area contributed by atoms with E-state index in [0.29, 0.717) is 12.0 Å². The maximum Gasteiger partial charge on any atom is 0.315 e. The van der Waals surface area contributed by atoms with Gasteiger partial charge in [0.05, 0.1) is 16.5 Å². The van der Waals surface area contributed by atoms with E-state index in [1.54, 1.807) is 25.1 Å². The van der Waals surface area contributed by atoms with Gasteiger partial charge in [-0.1, -0.05) is 18.2 Å². The van der Waals surface area contributed by atoms with Crippen molar-refractivity contribution in [1.29, 1.82) is 0 Å². The summed E-state index contributed by atoms with van der Waals surface area (Å²) < 4.78 is 0. The molecule has 8 nitrogen and oxygen atoms in total. The second kappa shape index (κ2) is 7.83. The Balaban J connectivity index is 2.53. The minimum Gasteiger partial charge on any atom is -0.481 e. The highest BCUT2D eigenvalue weighted by Gasteiger charge is 2.19. The van der Waals surface area contributed by atoms with E-state index in [2.05, 4.69) is 10.6 Å². The van der Waals surface area contributed by atoms with Crippen LogP contribution in [0.25, 0.3) is 0 Å². The Bertz CT molecular complexity index is 532. The first-order valence-electron chi connectivity index (χ1n) is 6.41. The lowest BCUT2D eigenvalue weighted by atomic mass is 10.1. The summed E-state index contributed by atoms with van der Waals surface area (Å²) in [5.74, 6) is -0.925. The van der Waals surface area contributed by atoms with Crippen LogP contribution in [0, 0.1) is 10.1 Å². The quantitative estimate of drug-likeness (QED) is 0.402. The lowest BCUT2D eigenvalue weighted by molar-refractivity contribution is -0.385. The van der Waals surface area contributed by atoms with E-state index in [9.17, 15) is 19.7 Å². The first-order valence-corrected chi connectivity index (χ1v) is 6.41. The molecule has 8 heteroatoms. The van der Waals surface area contributed by atoms with Crippen LogP contribution in [-0.4, -0.2) is 28.6 Å². The van der Waals surface area contributed by atoms with Gasteiger partial charge < -0.3 is 15.7 Å². The Morgan fingerprint density at radius 3 is 2.67 bits per heavy atom. The van der Waals surface area contributed by atoms with Crippen LogP contribution >= 0.6 is 0 Å². The number of carbonyl (C=O) groups is 2. The molecule has 1 unspecified atom stereocenters. The number of benzene rings is 1. The number of nitro groups is 1. The monoisotopic (exact) mass is 295 g/mol. The molecule has 1 rings (SSSR count). The molecule has 2 amide bonds. The fourth-order valence-electron chi connectivity index (χ4n) is 1.79. The lowest BCUT2D eigenvalue weighted by Crippen LogP contribution is -2.37. The van der Waals surface area contributed by atoms with Gasteiger partial charge in [0.1, 0.15) is 0 Å². The fourth-order valence-corrected chi connectivity index (χ4v) is 1.79. The van der Waals surface area contributed by atoms with Gasteiger partial charge in [0.2, 0.25) is 0 Å². The zero-order valence-electron chi connectivity index (χ0n) is 11.5. The van der Waals surface area contributed by atoms with E-state index in [0.717, 1.165) is 0 Å². The van der Waals surface area contributed by atoms with Gasteiger partial charge in [-0.2, -0.15) is 0 Å². The number of amides is 2. The molecule has 0 aromatic heterocycles. The van der Waals surface area contributed by atoms with E-state index in [-0.39, 0.29) is 18.7 Å². The second-order valence-electron chi connectivity index (χ2n) is 4.44. The highest BCUT2D eigenvalue weighted by molar-refractivity contribution is 5.74.